The molecule has 2 heterocycles. The topological polar surface area (TPSA) is 55.0 Å². The summed E-state index contributed by atoms with van der Waals surface area (Å²) in [6, 6.07) is 1.82. The largest absolute Gasteiger partial charge is 0.384 e. The second-order valence-electron chi connectivity index (χ2n) is 3.56. The van der Waals surface area contributed by atoms with E-state index in [1.54, 1.807) is 0 Å². The number of nitrogen functional groups attached to an aromatic ring is 1. The molecule has 0 amide bonds. The Bertz CT molecular complexity index is 359. The van der Waals surface area contributed by atoms with Crippen molar-refractivity contribution >= 4 is 11.6 Å². The van der Waals surface area contributed by atoms with Crippen LogP contribution < -0.4 is 10.6 Å². The minimum absolute atomic E-state index is 0.530. The third-order valence-electron chi connectivity index (χ3n) is 2.33. The zero-order valence-electron chi connectivity index (χ0n) is 8.27. The number of aromatic nitrogens is 2. The lowest BCUT2D eigenvalue weighted by atomic mass is 10.1. The van der Waals surface area contributed by atoms with E-state index in [1.807, 2.05) is 6.07 Å². The molecule has 0 atom stereocenters. The van der Waals surface area contributed by atoms with Crippen molar-refractivity contribution in [2.45, 2.75) is 13.3 Å². The molecule has 0 saturated carbocycles. The minimum atomic E-state index is 0.530. The van der Waals surface area contributed by atoms with Crippen molar-refractivity contribution < 1.29 is 0 Å². The van der Waals surface area contributed by atoms with Crippen LogP contribution in [-0.4, -0.2) is 23.1 Å². The van der Waals surface area contributed by atoms with Gasteiger partial charge in [0, 0.05) is 19.2 Å². The lowest BCUT2D eigenvalue weighted by molar-refractivity contribution is 0.776. The van der Waals surface area contributed by atoms with Crippen molar-refractivity contribution in [1.29, 1.82) is 0 Å². The highest BCUT2D eigenvalue weighted by atomic mass is 15.2. The summed E-state index contributed by atoms with van der Waals surface area (Å²) in [5.41, 5.74) is 6.99. The monoisotopic (exact) mass is 190 g/mol. The first-order chi connectivity index (χ1) is 6.75. The quantitative estimate of drug-likeness (QED) is 0.676. The van der Waals surface area contributed by atoms with Crippen molar-refractivity contribution in [3.8, 4) is 0 Å². The fraction of sp³-hybridized carbons (Fsp3) is 0.400. The van der Waals surface area contributed by atoms with Gasteiger partial charge in [-0.3, -0.25) is 0 Å². The first kappa shape index (κ1) is 8.99. The lowest BCUT2D eigenvalue weighted by Crippen LogP contribution is -2.29. The summed E-state index contributed by atoms with van der Waals surface area (Å²) in [4.78, 5) is 10.3. The number of nitrogens with zero attached hydrogens (tertiary/aromatic N) is 3. The fourth-order valence-corrected chi connectivity index (χ4v) is 1.64. The van der Waals surface area contributed by atoms with Crippen molar-refractivity contribution in [1.82, 2.24) is 9.97 Å². The molecule has 4 nitrogen and oxygen atoms in total. The van der Waals surface area contributed by atoms with Gasteiger partial charge >= 0.3 is 0 Å². The van der Waals surface area contributed by atoms with Gasteiger partial charge in [0.2, 0.25) is 0 Å². The Morgan fingerprint density at radius 2 is 2.29 bits per heavy atom. The van der Waals surface area contributed by atoms with Crippen LogP contribution in [0.1, 0.15) is 13.3 Å². The molecule has 1 aliphatic heterocycles. The lowest BCUT2D eigenvalue weighted by Gasteiger charge is -2.26. The van der Waals surface area contributed by atoms with Gasteiger partial charge in [-0.05, 0) is 13.3 Å². The molecule has 2 rings (SSSR count). The molecule has 0 bridgehead atoms. The Hall–Kier alpha value is -1.58. The maximum absolute atomic E-state index is 5.61. The molecule has 0 aromatic carbocycles. The molecule has 0 aliphatic carbocycles. The molecule has 2 N–H and O–H groups in total. The molecule has 74 valence electrons. The van der Waals surface area contributed by atoms with Gasteiger partial charge in [-0.25, -0.2) is 9.97 Å². The highest BCUT2D eigenvalue weighted by Gasteiger charge is 2.11. The highest BCUT2D eigenvalue weighted by molar-refractivity contribution is 5.47. The van der Waals surface area contributed by atoms with Gasteiger partial charge in [-0.1, -0.05) is 11.6 Å². The number of nitrogens with two attached hydrogens (primary N) is 1. The Morgan fingerprint density at radius 1 is 1.43 bits per heavy atom. The van der Waals surface area contributed by atoms with Crippen LogP contribution in [-0.2, 0) is 0 Å². The average Bonchev–Trinajstić information content (AvgIpc) is 2.18. The molecule has 0 saturated heterocycles. The van der Waals surface area contributed by atoms with E-state index in [-0.39, 0.29) is 0 Å². The van der Waals surface area contributed by atoms with Crippen molar-refractivity contribution in [2.75, 3.05) is 23.7 Å². The molecule has 0 unspecified atom stereocenters. The third-order valence-corrected chi connectivity index (χ3v) is 2.33. The average molecular weight is 190 g/mol. The molecular weight excluding hydrogens is 176 g/mol. The molecule has 0 radical (unpaired) electrons. The van der Waals surface area contributed by atoms with Gasteiger partial charge in [0.15, 0.2) is 0 Å². The molecule has 1 aromatic heterocycles. The van der Waals surface area contributed by atoms with Crippen molar-refractivity contribution in [3.63, 3.8) is 0 Å². The molecule has 14 heavy (non-hydrogen) atoms. The number of rotatable bonds is 1. The van der Waals surface area contributed by atoms with Crippen LogP contribution in [0.4, 0.5) is 11.6 Å². The molecule has 0 spiro atoms. The zero-order valence-corrected chi connectivity index (χ0v) is 8.27. The predicted molar refractivity (Wildman–Crippen MR) is 57.0 cm³/mol. The van der Waals surface area contributed by atoms with E-state index in [0.29, 0.717) is 5.82 Å². The highest BCUT2D eigenvalue weighted by Crippen LogP contribution is 2.17. The fourth-order valence-electron chi connectivity index (χ4n) is 1.64. The standard InChI is InChI=1S/C10H14N4/c1-8-3-2-4-14(6-8)10-5-9(11)12-7-13-10/h3,5,7H,2,4,6H2,1H3,(H2,11,12,13). The second kappa shape index (κ2) is 3.65. The molecule has 4 heteroatoms. The minimum Gasteiger partial charge on any atom is -0.384 e. The van der Waals surface area contributed by atoms with Crippen LogP contribution >= 0.6 is 0 Å². The molecule has 0 fully saturated rings. The third kappa shape index (κ3) is 1.84. The zero-order chi connectivity index (χ0) is 9.97. The van der Waals surface area contributed by atoms with Crippen LogP contribution in [0, 0.1) is 0 Å². The van der Waals surface area contributed by atoms with Gasteiger partial charge in [0.1, 0.15) is 18.0 Å². The number of hydrogen-bond donors (Lipinski definition) is 1. The normalized spacial score (nSPS) is 16.6. The summed E-state index contributed by atoms with van der Waals surface area (Å²) >= 11 is 0. The van der Waals surface area contributed by atoms with Gasteiger partial charge in [-0.2, -0.15) is 0 Å². The van der Waals surface area contributed by atoms with Crippen LogP contribution in [0.5, 0.6) is 0 Å². The molecule has 1 aliphatic rings. The van der Waals surface area contributed by atoms with Crippen molar-refractivity contribution in [2.24, 2.45) is 0 Å². The van der Waals surface area contributed by atoms with Crippen LogP contribution in [0.3, 0.4) is 0 Å². The Morgan fingerprint density at radius 3 is 3.00 bits per heavy atom. The first-order valence-electron chi connectivity index (χ1n) is 4.74. The molecule has 1 aromatic rings. The second-order valence-corrected chi connectivity index (χ2v) is 3.56. The van der Waals surface area contributed by atoms with E-state index in [1.165, 1.54) is 11.9 Å². The number of hydrogen-bond acceptors (Lipinski definition) is 4. The molecular formula is C10H14N4. The number of anilines is 2. The van der Waals surface area contributed by atoms with E-state index >= 15 is 0 Å². The van der Waals surface area contributed by atoms with E-state index in [9.17, 15) is 0 Å². The maximum Gasteiger partial charge on any atom is 0.134 e. The maximum atomic E-state index is 5.61. The van der Waals surface area contributed by atoms with E-state index in [4.69, 9.17) is 5.73 Å². The summed E-state index contributed by atoms with van der Waals surface area (Å²) < 4.78 is 0. The smallest absolute Gasteiger partial charge is 0.134 e. The van der Waals surface area contributed by atoms with Gasteiger partial charge in [0.25, 0.3) is 0 Å². The SMILES string of the molecule is CC1=CCCN(c2cc(N)ncn2)C1. The van der Waals surface area contributed by atoms with Crippen LogP contribution in [0.25, 0.3) is 0 Å². The van der Waals surface area contributed by atoms with Gasteiger partial charge in [0.05, 0.1) is 0 Å². The Balaban J connectivity index is 2.19. The summed E-state index contributed by atoms with van der Waals surface area (Å²) in [5.74, 6) is 1.45. The van der Waals surface area contributed by atoms with Gasteiger partial charge in [-0.15, -0.1) is 0 Å². The van der Waals surface area contributed by atoms with E-state index < -0.39 is 0 Å². The van der Waals surface area contributed by atoms with Crippen molar-refractivity contribution in [3.05, 3.63) is 24.0 Å². The summed E-state index contributed by atoms with van der Waals surface area (Å²) in [5, 5.41) is 0. The summed E-state index contributed by atoms with van der Waals surface area (Å²) in [6.45, 7) is 4.08. The predicted octanol–water partition coefficient (Wildman–Crippen LogP) is 1.22. The summed E-state index contributed by atoms with van der Waals surface area (Å²) in [6.07, 6.45) is 4.86. The van der Waals surface area contributed by atoms with Gasteiger partial charge < -0.3 is 10.6 Å². The van der Waals surface area contributed by atoms with E-state index in [0.717, 1.165) is 25.3 Å². The Labute approximate surface area is 83.5 Å². The van der Waals surface area contributed by atoms with Crippen LogP contribution in [0.2, 0.25) is 0 Å². The summed E-state index contributed by atoms with van der Waals surface area (Å²) in [7, 11) is 0. The van der Waals surface area contributed by atoms with Crippen LogP contribution in [0.15, 0.2) is 24.0 Å². The van der Waals surface area contributed by atoms with E-state index in [2.05, 4.69) is 27.9 Å². The Kier molecular flexibility index (Phi) is 2.35. The first-order valence-corrected chi connectivity index (χ1v) is 4.74.